The Morgan fingerprint density at radius 1 is 1.25 bits per heavy atom. The van der Waals surface area contributed by atoms with Gasteiger partial charge in [-0.15, -0.1) is 0 Å². The second kappa shape index (κ2) is 7.93. The van der Waals surface area contributed by atoms with E-state index in [1.54, 1.807) is 18.4 Å². The van der Waals surface area contributed by atoms with Crippen LogP contribution in [0.4, 0.5) is 0 Å². The van der Waals surface area contributed by atoms with Crippen LogP contribution < -0.4 is 4.74 Å². The van der Waals surface area contributed by atoms with E-state index in [1.807, 2.05) is 6.08 Å². The summed E-state index contributed by atoms with van der Waals surface area (Å²) in [6.07, 6.45) is 3.41. The molecular weight excluding hydrogens is 384 g/mol. The highest BCUT2D eigenvalue weighted by Gasteiger charge is 2.28. The molecule has 0 aliphatic carbocycles. The van der Waals surface area contributed by atoms with Crippen LogP contribution in [0.15, 0.2) is 53.6 Å². The van der Waals surface area contributed by atoms with Gasteiger partial charge < -0.3 is 19.3 Å². The van der Waals surface area contributed by atoms with Crippen molar-refractivity contribution in [1.29, 1.82) is 0 Å². The number of sulfone groups is 1. The Bertz CT molecular complexity index is 1020. The van der Waals surface area contributed by atoms with E-state index in [1.165, 1.54) is 38.5 Å². The lowest BCUT2D eigenvalue weighted by molar-refractivity contribution is 0.0595. The fraction of sp³-hybridized carbons (Fsp3) is 0.250. The van der Waals surface area contributed by atoms with Crippen molar-refractivity contribution in [2.75, 3.05) is 20.8 Å². The number of hydrogen-bond acceptors (Lipinski definition) is 7. The number of benzene rings is 2. The summed E-state index contributed by atoms with van der Waals surface area (Å²) < 4.78 is 41.2. The van der Waals surface area contributed by atoms with E-state index in [2.05, 4.69) is 0 Å². The number of carbonyl (C=O) groups excluding carboxylic acids is 1. The summed E-state index contributed by atoms with van der Waals surface area (Å²) in [6.45, 7) is 0.401. The van der Waals surface area contributed by atoms with Crippen molar-refractivity contribution >= 4 is 15.8 Å². The second-order valence-electron chi connectivity index (χ2n) is 6.24. The minimum Gasteiger partial charge on any atom is -0.508 e. The number of phenols is 1. The Labute approximate surface area is 163 Å². The van der Waals surface area contributed by atoms with E-state index in [0.717, 1.165) is 0 Å². The Balaban J connectivity index is 2.10. The van der Waals surface area contributed by atoms with Crippen molar-refractivity contribution < 1.29 is 32.5 Å². The Kier molecular flexibility index (Phi) is 5.60. The van der Waals surface area contributed by atoms with Crippen LogP contribution in [0.5, 0.6) is 11.5 Å². The van der Waals surface area contributed by atoms with Crippen molar-refractivity contribution in [1.82, 2.24) is 0 Å². The van der Waals surface area contributed by atoms with Crippen LogP contribution in [-0.2, 0) is 25.1 Å². The van der Waals surface area contributed by atoms with Crippen LogP contribution in [0.3, 0.4) is 0 Å². The zero-order chi connectivity index (χ0) is 20.3. The minimum absolute atomic E-state index is 0.0431. The highest BCUT2D eigenvalue weighted by Crippen LogP contribution is 2.37. The van der Waals surface area contributed by atoms with Gasteiger partial charge in [0.2, 0.25) is 0 Å². The number of hydrogen-bond donors (Lipinski definition) is 1. The molecule has 0 bridgehead atoms. The van der Waals surface area contributed by atoms with E-state index in [0.29, 0.717) is 12.2 Å². The molecule has 1 aliphatic heterocycles. The molecular formula is C20H20O7S. The molecule has 2 aromatic rings. The quantitative estimate of drug-likeness (QED) is 0.739. The number of phenolic OH excluding ortho intramolecular Hbond substituents is 1. The van der Waals surface area contributed by atoms with Crippen molar-refractivity contribution in [3.63, 3.8) is 0 Å². The molecule has 1 heterocycles. The third-order valence-corrected chi connectivity index (χ3v) is 6.14. The second-order valence-corrected chi connectivity index (χ2v) is 8.23. The first-order valence-corrected chi connectivity index (χ1v) is 10.1. The molecule has 8 heteroatoms. The highest BCUT2D eigenvalue weighted by atomic mass is 32.2. The third kappa shape index (κ3) is 3.82. The largest absolute Gasteiger partial charge is 0.508 e. The summed E-state index contributed by atoms with van der Waals surface area (Å²) in [5, 5.41) is 9.59. The van der Waals surface area contributed by atoms with Crippen molar-refractivity contribution in [3.8, 4) is 11.5 Å². The van der Waals surface area contributed by atoms with Crippen LogP contribution in [0.25, 0.3) is 0 Å². The molecule has 0 aromatic heterocycles. The predicted octanol–water partition coefficient (Wildman–Crippen LogP) is 2.79. The molecule has 3 rings (SSSR count). The first-order chi connectivity index (χ1) is 13.4. The van der Waals surface area contributed by atoms with Gasteiger partial charge in [0.05, 0.1) is 37.7 Å². The molecule has 1 N–H and O–H groups in total. The SMILES string of the molecule is COC(=O)c1c(CS(=O)(=O)c2cccc(O)c2)ccc(C2C=COC2)c1OC. The molecule has 1 aliphatic rings. The highest BCUT2D eigenvalue weighted by molar-refractivity contribution is 7.90. The third-order valence-electron chi connectivity index (χ3n) is 4.47. The van der Waals surface area contributed by atoms with Gasteiger partial charge in [0, 0.05) is 11.5 Å². The standard InChI is InChI=1S/C20H20O7S/c1-25-19-17(13-8-9-27-11-13)7-6-14(18(19)20(22)26-2)12-28(23,24)16-5-3-4-15(21)10-16/h3-10,13,21H,11-12H2,1-2H3. The lowest BCUT2D eigenvalue weighted by Gasteiger charge is -2.18. The van der Waals surface area contributed by atoms with Crippen molar-refractivity contribution in [3.05, 3.63) is 65.4 Å². The maximum Gasteiger partial charge on any atom is 0.341 e. The van der Waals surface area contributed by atoms with Gasteiger partial charge in [-0.2, -0.15) is 0 Å². The number of rotatable bonds is 6. The molecule has 0 radical (unpaired) electrons. The van der Waals surface area contributed by atoms with Gasteiger partial charge in [0.25, 0.3) is 0 Å². The molecule has 0 fully saturated rings. The van der Waals surface area contributed by atoms with Crippen LogP contribution in [0.2, 0.25) is 0 Å². The van der Waals surface area contributed by atoms with E-state index in [9.17, 15) is 18.3 Å². The van der Waals surface area contributed by atoms with Crippen LogP contribution in [-0.4, -0.2) is 40.3 Å². The van der Waals surface area contributed by atoms with Gasteiger partial charge in [-0.05, 0) is 29.8 Å². The summed E-state index contributed by atoms with van der Waals surface area (Å²) in [4.78, 5) is 12.4. The van der Waals surface area contributed by atoms with E-state index in [4.69, 9.17) is 14.2 Å². The number of methoxy groups -OCH3 is 2. The molecule has 1 unspecified atom stereocenters. The molecule has 1 atom stereocenters. The van der Waals surface area contributed by atoms with Gasteiger partial charge in [-0.1, -0.05) is 18.2 Å². The Hall–Kier alpha value is -3.00. The van der Waals surface area contributed by atoms with Gasteiger partial charge in [-0.3, -0.25) is 0 Å². The van der Waals surface area contributed by atoms with Crippen molar-refractivity contribution in [2.45, 2.75) is 16.6 Å². The topological polar surface area (TPSA) is 99.1 Å². The van der Waals surface area contributed by atoms with E-state index < -0.39 is 21.6 Å². The molecule has 0 spiro atoms. The zero-order valence-corrected chi connectivity index (χ0v) is 16.2. The number of carbonyl (C=O) groups is 1. The van der Waals surface area contributed by atoms with E-state index >= 15 is 0 Å². The molecule has 7 nitrogen and oxygen atoms in total. The Morgan fingerprint density at radius 3 is 2.64 bits per heavy atom. The summed E-state index contributed by atoms with van der Waals surface area (Å²) in [7, 11) is -1.18. The average molecular weight is 404 g/mol. The van der Waals surface area contributed by atoms with E-state index in [-0.39, 0.29) is 33.4 Å². The summed E-state index contributed by atoms with van der Waals surface area (Å²) in [6, 6.07) is 8.69. The van der Waals surface area contributed by atoms with Gasteiger partial charge >= 0.3 is 5.97 Å². The molecule has 0 amide bonds. The average Bonchev–Trinajstić information content (AvgIpc) is 3.21. The lowest BCUT2D eigenvalue weighted by Crippen LogP contribution is -2.15. The first kappa shape index (κ1) is 19.8. The van der Waals surface area contributed by atoms with Crippen molar-refractivity contribution in [2.24, 2.45) is 0 Å². The summed E-state index contributed by atoms with van der Waals surface area (Å²) >= 11 is 0. The van der Waals surface area contributed by atoms with Crippen LogP contribution >= 0.6 is 0 Å². The molecule has 148 valence electrons. The summed E-state index contributed by atoms with van der Waals surface area (Å²) in [5.74, 6) is -1.15. The minimum atomic E-state index is -3.82. The fourth-order valence-corrected chi connectivity index (χ4v) is 4.52. The smallest absolute Gasteiger partial charge is 0.341 e. The normalized spacial score (nSPS) is 15.9. The predicted molar refractivity (Wildman–Crippen MR) is 101 cm³/mol. The number of aromatic hydroxyl groups is 1. The van der Waals surface area contributed by atoms with Gasteiger partial charge in [0.15, 0.2) is 9.84 Å². The first-order valence-electron chi connectivity index (χ1n) is 8.45. The monoisotopic (exact) mass is 404 g/mol. The molecule has 2 aromatic carbocycles. The number of esters is 1. The zero-order valence-electron chi connectivity index (χ0n) is 15.4. The molecule has 0 saturated carbocycles. The number of ether oxygens (including phenoxy) is 3. The lowest BCUT2D eigenvalue weighted by atomic mass is 9.94. The summed E-state index contributed by atoms with van der Waals surface area (Å²) in [5.41, 5.74) is 1.01. The maximum absolute atomic E-state index is 12.8. The van der Waals surface area contributed by atoms with Gasteiger partial charge in [0.1, 0.15) is 17.1 Å². The molecule has 28 heavy (non-hydrogen) atoms. The fourth-order valence-electron chi connectivity index (χ4n) is 3.12. The Morgan fingerprint density at radius 2 is 2.04 bits per heavy atom. The van der Waals surface area contributed by atoms with Crippen LogP contribution in [0, 0.1) is 0 Å². The molecule has 0 saturated heterocycles. The maximum atomic E-state index is 12.8. The van der Waals surface area contributed by atoms with Crippen LogP contribution in [0.1, 0.15) is 27.4 Å². The van der Waals surface area contributed by atoms with Gasteiger partial charge in [-0.25, -0.2) is 13.2 Å².